The van der Waals surface area contributed by atoms with Crippen LogP contribution in [0.2, 0.25) is 0 Å². The minimum absolute atomic E-state index is 0.285. The zero-order chi connectivity index (χ0) is 27.8. The lowest BCUT2D eigenvalue weighted by atomic mass is 10.0. The molecular formula is C30H24N8O2. The topological polar surface area (TPSA) is 111 Å². The Labute approximate surface area is 229 Å². The van der Waals surface area contributed by atoms with Crippen LogP contribution in [0.25, 0.3) is 22.4 Å². The second kappa shape index (κ2) is 9.96. The van der Waals surface area contributed by atoms with E-state index in [0.29, 0.717) is 50.8 Å². The third-order valence-electron chi connectivity index (χ3n) is 6.53. The lowest BCUT2D eigenvalue weighted by Gasteiger charge is -2.18. The Morgan fingerprint density at radius 2 is 1.80 bits per heavy atom. The number of carbonyl (C=O) groups is 1. The Kier molecular flexibility index (Phi) is 6.16. The molecule has 0 aliphatic carbocycles. The number of aryl methyl sites for hydroxylation is 2. The number of amides is 1. The van der Waals surface area contributed by atoms with Gasteiger partial charge in [0.25, 0.3) is 11.5 Å². The van der Waals surface area contributed by atoms with Gasteiger partial charge in [-0.05, 0) is 55.5 Å². The first-order valence-electron chi connectivity index (χ1n) is 12.6. The summed E-state index contributed by atoms with van der Waals surface area (Å²) in [6.07, 6.45) is 5.16. The lowest BCUT2D eigenvalue weighted by molar-refractivity contribution is 0.0940. The Morgan fingerprint density at radius 3 is 2.58 bits per heavy atom. The molecule has 0 saturated heterocycles. The molecule has 5 heterocycles. The Hall–Kier alpha value is -5.56. The molecule has 10 heteroatoms. The molecule has 1 unspecified atom stereocenters. The number of hydrogen-bond acceptors (Lipinski definition) is 6. The van der Waals surface area contributed by atoms with Crippen LogP contribution in [0.1, 0.15) is 46.1 Å². The van der Waals surface area contributed by atoms with Crippen LogP contribution in [-0.4, -0.2) is 39.7 Å². The Bertz CT molecular complexity index is 2030. The highest BCUT2D eigenvalue weighted by Crippen LogP contribution is 2.25. The SMILES string of the molecule is Cc1nn2cccnc2c1C(=O)NC(C)c1nc2cccc(C#Cc3ccn(C)n3)n2c(=O)c1-c1ccccc1. The third kappa shape index (κ3) is 4.39. The van der Waals surface area contributed by atoms with Crippen molar-refractivity contribution < 1.29 is 4.79 Å². The molecule has 5 aromatic heterocycles. The van der Waals surface area contributed by atoms with Crippen LogP contribution < -0.4 is 10.9 Å². The van der Waals surface area contributed by atoms with E-state index in [1.165, 1.54) is 4.40 Å². The molecular weight excluding hydrogens is 504 g/mol. The maximum absolute atomic E-state index is 14.1. The van der Waals surface area contributed by atoms with Gasteiger partial charge in [0.1, 0.15) is 22.6 Å². The lowest BCUT2D eigenvalue weighted by Crippen LogP contribution is -2.31. The van der Waals surface area contributed by atoms with Gasteiger partial charge in [-0.3, -0.25) is 18.7 Å². The van der Waals surface area contributed by atoms with E-state index in [9.17, 15) is 9.59 Å². The minimum Gasteiger partial charge on any atom is -0.344 e. The molecule has 40 heavy (non-hydrogen) atoms. The maximum Gasteiger partial charge on any atom is 0.267 e. The van der Waals surface area contributed by atoms with Gasteiger partial charge in [-0.15, -0.1) is 0 Å². The zero-order valence-electron chi connectivity index (χ0n) is 22.0. The molecule has 0 aliphatic heterocycles. The van der Waals surface area contributed by atoms with Gasteiger partial charge in [-0.1, -0.05) is 36.4 Å². The van der Waals surface area contributed by atoms with Crippen LogP contribution in [0.5, 0.6) is 0 Å². The first kappa shape index (κ1) is 24.8. The first-order chi connectivity index (χ1) is 19.4. The average Bonchev–Trinajstić information content (AvgIpc) is 3.53. The summed E-state index contributed by atoms with van der Waals surface area (Å²) in [6.45, 7) is 3.57. The van der Waals surface area contributed by atoms with E-state index in [-0.39, 0.29) is 11.5 Å². The number of nitrogens with zero attached hydrogens (tertiary/aromatic N) is 7. The van der Waals surface area contributed by atoms with Crippen LogP contribution in [0.3, 0.4) is 0 Å². The van der Waals surface area contributed by atoms with Crippen molar-refractivity contribution in [2.75, 3.05) is 0 Å². The van der Waals surface area contributed by atoms with Crippen LogP contribution in [0, 0.1) is 18.8 Å². The smallest absolute Gasteiger partial charge is 0.267 e. The van der Waals surface area contributed by atoms with Gasteiger partial charge in [-0.25, -0.2) is 14.5 Å². The molecule has 0 fully saturated rings. The normalized spacial score (nSPS) is 11.8. The molecule has 1 atom stereocenters. The second-order valence-corrected chi connectivity index (χ2v) is 9.32. The maximum atomic E-state index is 14.1. The highest BCUT2D eigenvalue weighted by Gasteiger charge is 2.25. The van der Waals surface area contributed by atoms with Crippen LogP contribution >= 0.6 is 0 Å². The van der Waals surface area contributed by atoms with Crippen LogP contribution in [-0.2, 0) is 7.05 Å². The summed E-state index contributed by atoms with van der Waals surface area (Å²) in [6, 6.07) is 17.6. The number of fused-ring (bicyclic) bond motifs is 2. The molecule has 0 spiro atoms. The minimum atomic E-state index is -0.610. The molecule has 0 bridgehead atoms. The molecule has 0 radical (unpaired) electrons. The predicted octanol–water partition coefficient (Wildman–Crippen LogP) is 3.34. The summed E-state index contributed by atoms with van der Waals surface area (Å²) in [4.78, 5) is 36.8. The molecule has 10 nitrogen and oxygen atoms in total. The van der Waals surface area contributed by atoms with Gasteiger partial charge < -0.3 is 5.32 Å². The van der Waals surface area contributed by atoms with Crippen molar-refractivity contribution in [3.8, 4) is 23.0 Å². The van der Waals surface area contributed by atoms with Crippen molar-refractivity contribution in [2.45, 2.75) is 19.9 Å². The van der Waals surface area contributed by atoms with E-state index >= 15 is 0 Å². The highest BCUT2D eigenvalue weighted by atomic mass is 16.2. The van der Waals surface area contributed by atoms with Crippen molar-refractivity contribution in [1.29, 1.82) is 0 Å². The van der Waals surface area contributed by atoms with E-state index in [1.54, 1.807) is 65.0 Å². The number of rotatable bonds is 4. The van der Waals surface area contributed by atoms with Gasteiger partial charge in [0.15, 0.2) is 5.65 Å². The van der Waals surface area contributed by atoms with Crippen molar-refractivity contribution in [2.24, 2.45) is 7.05 Å². The number of pyridine rings is 1. The van der Waals surface area contributed by atoms with E-state index < -0.39 is 6.04 Å². The van der Waals surface area contributed by atoms with Crippen molar-refractivity contribution in [3.63, 3.8) is 0 Å². The zero-order valence-corrected chi connectivity index (χ0v) is 22.0. The summed E-state index contributed by atoms with van der Waals surface area (Å²) >= 11 is 0. The van der Waals surface area contributed by atoms with E-state index in [4.69, 9.17) is 4.98 Å². The predicted molar refractivity (Wildman–Crippen MR) is 150 cm³/mol. The Morgan fingerprint density at radius 1 is 0.975 bits per heavy atom. The molecule has 6 rings (SSSR count). The van der Waals surface area contributed by atoms with Gasteiger partial charge in [0, 0.05) is 25.6 Å². The highest BCUT2D eigenvalue weighted by molar-refractivity contribution is 6.01. The molecule has 196 valence electrons. The molecule has 0 saturated carbocycles. The van der Waals surface area contributed by atoms with Crippen molar-refractivity contribution in [1.82, 2.24) is 39.1 Å². The average molecular weight is 529 g/mol. The van der Waals surface area contributed by atoms with E-state index in [2.05, 4.69) is 32.3 Å². The Balaban J connectivity index is 1.48. The monoisotopic (exact) mass is 528 g/mol. The van der Waals surface area contributed by atoms with Crippen molar-refractivity contribution in [3.05, 3.63) is 118 Å². The number of aromatic nitrogens is 7. The van der Waals surface area contributed by atoms with Crippen LogP contribution in [0.15, 0.2) is 84.0 Å². The summed E-state index contributed by atoms with van der Waals surface area (Å²) in [5, 5.41) is 11.7. The van der Waals surface area contributed by atoms with Gasteiger partial charge in [0.05, 0.1) is 23.0 Å². The fraction of sp³-hybridized carbons (Fsp3) is 0.133. The third-order valence-corrected chi connectivity index (χ3v) is 6.53. The summed E-state index contributed by atoms with van der Waals surface area (Å²) in [5.74, 6) is 5.74. The summed E-state index contributed by atoms with van der Waals surface area (Å²) < 4.78 is 4.73. The van der Waals surface area contributed by atoms with E-state index in [1.807, 2.05) is 44.3 Å². The fourth-order valence-electron chi connectivity index (χ4n) is 4.70. The molecule has 1 N–H and O–H groups in total. The molecule has 1 aromatic carbocycles. The number of carbonyl (C=O) groups excluding carboxylic acids is 1. The number of benzene rings is 1. The first-order valence-corrected chi connectivity index (χ1v) is 12.6. The number of nitrogens with one attached hydrogen (secondary N) is 1. The van der Waals surface area contributed by atoms with E-state index in [0.717, 1.165) is 0 Å². The van der Waals surface area contributed by atoms with Gasteiger partial charge in [0.2, 0.25) is 0 Å². The number of hydrogen-bond donors (Lipinski definition) is 1. The van der Waals surface area contributed by atoms with Gasteiger partial charge >= 0.3 is 0 Å². The summed E-state index contributed by atoms with van der Waals surface area (Å²) in [5.41, 5.74) is 4.10. The quantitative estimate of drug-likeness (QED) is 0.352. The molecule has 6 aromatic rings. The standard InChI is InChI=1S/C30H24N8O2/c1-19-25(28-31-16-8-17-37(28)34-19)29(39)32-20(2)27-26(21-9-5-4-6-10-21)30(40)38-23(11-7-12-24(38)33-27)14-13-22-15-18-36(3)35-22/h4-12,15-18,20H,1-3H3,(H,32,39). The second-order valence-electron chi connectivity index (χ2n) is 9.32. The van der Waals surface area contributed by atoms with Crippen molar-refractivity contribution >= 4 is 17.2 Å². The van der Waals surface area contributed by atoms with Crippen LogP contribution in [0.4, 0.5) is 0 Å². The fourth-order valence-corrected chi connectivity index (χ4v) is 4.70. The molecule has 1 amide bonds. The summed E-state index contributed by atoms with van der Waals surface area (Å²) in [7, 11) is 1.82. The molecule has 0 aliphatic rings. The largest absolute Gasteiger partial charge is 0.344 e. The van der Waals surface area contributed by atoms with Gasteiger partial charge in [-0.2, -0.15) is 10.2 Å².